The molecule has 72 valence electrons. The molecule has 1 saturated heterocycles. The summed E-state index contributed by atoms with van der Waals surface area (Å²) < 4.78 is 11.7. The van der Waals surface area contributed by atoms with Gasteiger partial charge < -0.3 is 0 Å². The average molecular weight is 191 g/mol. The van der Waals surface area contributed by atoms with Crippen molar-refractivity contribution in [3.63, 3.8) is 0 Å². The van der Waals surface area contributed by atoms with E-state index in [1.54, 1.807) is 0 Å². The Morgan fingerprint density at radius 3 is 1.83 bits per heavy atom. The molecule has 0 amide bonds. The van der Waals surface area contributed by atoms with Gasteiger partial charge in [0.1, 0.15) is 25.5 Å². The zero-order chi connectivity index (χ0) is 9.24. The summed E-state index contributed by atoms with van der Waals surface area (Å²) in [5.41, 5.74) is 0.216. The lowest BCUT2D eigenvalue weighted by atomic mass is 9.97. The van der Waals surface area contributed by atoms with E-state index in [0.717, 1.165) is 25.5 Å². The van der Waals surface area contributed by atoms with E-state index in [9.17, 15) is 0 Å². The Morgan fingerprint density at radius 2 is 1.50 bits per heavy atom. The normalized spacial score (nSPS) is 27.0. The predicted molar refractivity (Wildman–Crippen MR) is 53.7 cm³/mol. The van der Waals surface area contributed by atoms with Gasteiger partial charge in [-0.3, -0.25) is 0 Å². The minimum Gasteiger partial charge on any atom is -0.206 e. The van der Waals surface area contributed by atoms with Crippen LogP contribution >= 0.6 is 7.72 Å². The minimum atomic E-state index is -1.43. The molecule has 0 bridgehead atoms. The van der Waals surface area contributed by atoms with E-state index in [1.165, 1.54) is 0 Å². The summed E-state index contributed by atoms with van der Waals surface area (Å²) in [7, 11) is -1.43. The van der Waals surface area contributed by atoms with Crippen LogP contribution in [-0.4, -0.2) is 25.5 Å². The van der Waals surface area contributed by atoms with Crippen molar-refractivity contribution in [3.05, 3.63) is 0 Å². The Labute approximate surface area is 76.1 Å². The maximum absolute atomic E-state index is 5.87. The molecule has 0 unspecified atom stereocenters. The molecule has 0 spiro atoms. The third-order valence-corrected chi connectivity index (χ3v) is 5.47. The van der Waals surface area contributed by atoms with Crippen LogP contribution in [0, 0.1) is 5.41 Å². The molecule has 3 heteroatoms. The third-order valence-electron chi connectivity index (χ3n) is 2.34. The highest BCUT2D eigenvalue weighted by atomic mass is 31.2. The SMILES string of the molecule is CC[P+]1(CC)OCC(C)(C)CO1. The molecule has 1 rings (SSSR count). The van der Waals surface area contributed by atoms with Crippen molar-refractivity contribution in [2.75, 3.05) is 25.5 Å². The molecule has 1 heterocycles. The first kappa shape index (κ1) is 10.4. The molecule has 1 fully saturated rings. The van der Waals surface area contributed by atoms with E-state index in [1.807, 2.05) is 0 Å². The van der Waals surface area contributed by atoms with Crippen LogP contribution in [0.5, 0.6) is 0 Å². The van der Waals surface area contributed by atoms with Crippen LogP contribution in [0.15, 0.2) is 0 Å². The summed E-state index contributed by atoms with van der Waals surface area (Å²) >= 11 is 0. The van der Waals surface area contributed by atoms with Crippen LogP contribution in [0.2, 0.25) is 0 Å². The summed E-state index contributed by atoms with van der Waals surface area (Å²) in [6.07, 6.45) is 2.11. The van der Waals surface area contributed by atoms with Gasteiger partial charge in [0.2, 0.25) is 0 Å². The van der Waals surface area contributed by atoms with E-state index in [2.05, 4.69) is 27.7 Å². The molecule has 0 radical (unpaired) electrons. The fourth-order valence-electron chi connectivity index (χ4n) is 1.25. The molecule has 2 nitrogen and oxygen atoms in total. The molecular weight excluding hydrogens is 171 g/mol. The largest absolute Gasteiger partial charge is 0.274 e. The minimum absolute atomic E-state index is 0.216. The Kier molecular flexibility index (Phi) is 3.14. The van der Waals surface area contributed by atoms with Crippen LogP contribution in [0.4, 0.5) is 0 Å². The fourth-order valence-corrected chi connectivity index (χ4v) is 3.67. The topological polar surface area (TPSA) is 18.5 Å². The lowest BCUT2D eigenvalue weighted by molar-refractivity contribution is 0.0515. The number of hydrogen-bond acceptors (Lipinski definition) is 2. The van der Waals surface area contributed by atoms with E-state index in [4.69, 9.17) is 9.05 Å². The number of rotatable bonds is 2. The molecule has 0 aromatic heterocycles. The first-order valence-corrected chi connectivity index (χ1v) is 6.69. The van der Waals surface area contributed by atoms with Gasteiger partial charge in [0.15, 0.2) is 0 Å². The summed E-state index contributed by atoms with van der Waals surface area (Å²) in [6.45, 7) is 10.4. The maximum Gasteiger partial charge on any atom is 0.274 e. The Morgan fingerprint density at radius 1 is 1.08 bits per heavy atom. The van der Waals surface area contributed by atoms with Gasteiger partial charge in [-0.05, 0) is 13.8 Å². The van der Waals surface area contributed by atoms with Crippen LogP contribution < -0.4 is 0 Å². The summed E-state index contributed by atoms with van der Waals surface area (Å²) in [6, 6.07) is 0. The lowest BCUT2D eigenvalue weighted by Crippen LogP contribution is -2.32. The monoisotopic (exact) mass is 191 g/mol. The third kappa shape index (κ3) is 2.18. The summed E-state index contributed by atoms with van der Waals surface area (Å²) in [4.78, 5) is 0. The van der Waals surface area contributed by atoms with Gasteiger partial charge in [-0.15, -0.1) is 0 Å². The summed E-state index contributed by atoms with van der Waals surface area (Å²) in [5, 5.41) is 0. The van der Waals surface area contributed by atoms with Crippen molar-refractivity contribution in [1.29, 1.82) is 0 Å². The smallest absolute Gasteiger partial charge is 0.206 e. The Hall–Kier alpha value is 0.350. The molecule has 12 heavy (non-hydrogen) atoms. The first-order chi connectivity index (χ1) is 5.54. The average Bonchev–Trinajstić information content (AvgIpc) is 2.06. The second-order valence-electron chi connectivity index (χ2n) is 4.16. The zero-order valence-corrected chi connectivity index (χ0v) is 9.49. The van der Waals surface area contributed by atoms with Crippen molar-refractivity contribution in [1.82, 2.24) is 0 Å². The van der Waals surface area contributed by atoms with Crippen molar-refractivity contribution in [2.24, 2.45) is 5.41 Å². The molecule has 0 saturated carbocycles. The van der Waals surface area contributed by atoms with E-state index < -0.39 is 7.72 Å². The van der Waals surface area contributed by atoms with E-state index >= 15 is 0 Å². The molecule has 1 aliphatic rings. The second-order valence-corrected chi connectivity index (χ2v) is 7.57. The predicted octanol–water partition coefficient (Wildman–Crippen LogP) is 2.95. The van der Waals surface area contributed by atoms with E-state index in [0.29, 0.717) is 0 Å². The lowest BCUT2D eigenvalue weighted by Gasteiger charge is -2.34. The molecular formula is C9H20O2P+. The Bertz CT molecular complexity index is 141. The van der Waals surface area contributed by atoms with Gasteiger partial charge in [0.05, 0.1) is 0 Å². The highest BCUT2D eigenvalue weighted by Crippen LogP contribution is 2.63. The molecule has 0 atom stereocenters. The van der Waals surface area contributed by atoms with Crippen molar-refractivity contribution in [3.8, 4) is 0 Å². The summed E-state index contributed by atoms with van der Waals surface area (Å²) in [5.74, 6) is 0. The first-order valence-electron chi connectivity index (χ1n) is 4.70. The fraction of sp³-hybridized carbons (Fsp3) is 1.00. The maximum atomic E-state index is 5.87. The molecule has 1 aliphatic heterocycles. The molecule has 0 aromatic rings. The van der Waals surface area contributed by atoms with Crippen LogP contribution in [0.1, 0.15) is 27.7 Å². The van der Waals surface area contributed by atoms with Crippen molar-refractivity contribution in [2.45, 2.75) is 27.7 Å². The quantitative estimate of drug-likeness (QED) is 0.625. The number of hydrogen-bond donors (Lipinski definition) is 0. The van der Waals surface area contributed by atoms with Gasteiger partial charge in [0.25, 0.3) is 7.72 Å². The van der Waals surface area contributed by atoms with Crippen LogP contribution in [0.3, 0.4) is 0 Å². The van der Waals surface area contributed by atoms with Crippen molar-refractivity contribution < 1.29 is 9.05 Å². The molecule has 0 aromatic carbocycles. The second kappa shape index (κ2) is 3.61. The van der Waals surface area contributed by atoms with Crippen molar-refractivity contribution >= 4 is 7.72 Å². The van der Waals surface area contributed by atoms with Crippen LogP contribution in [-0.2, 0) is 9.05 Å². The van der Waals surface area contributed by atoms with Crippen LogP contribution in [0.25, 0.3) is 0 Å². The van der Waals surface area contributed by atoms with Gasteiger partial charge in [0, 0.05) is 5.41 Å². The van der Waals surface area contributed by atoms with E-state index in [-0.39, 0.29) is 5.41 Å². The Balaban J connectivity index is 2.53. The standard InChI is InChI=1S/C9H20O2P/c1-5-12(6-2)10-7-9(3,4)8-11-12/h5-8H2,1-4H3/q+1. The van der Waals surface area contributed by atoms with Gasteiger partial charge in [-0.25, -0.2) is 9.05 Å². The molecule has 0 aliphatic carbocycles. The van der Waals surface area contributed by atoms with Gasteiger partial charge in [-0.2, -0.15) is 0 Å². The van der Waals surface area contributed by atoms with Gasteiger partial charge >= 0.3 is 0 Å². The van der Waals surface area contributed by atoms with Gasteiger partial charge in [-0.1, -0.05) is 13.8 Å². The highest BCUT2D eigenvalue weighted by Gasteiger charge is 2.45. The highest BCUT2D eigenvalue weighted by molar-refractivity contribution is 7.66. The zero-order valence-electron chi connectivity index (χ0n) is 8.59. The molecule has 0 N–H and O–H groups in total.